The second-order valence-electron chi connectivity index (χ2n) is 1.26. The fourth-order valence-corrected chi connectivity index (χ4v) is 0.527. The Morgan fingerprint density at radius 3 is 2.00 bits per heavy atom. The van der Waals surface area contributed by atoms with E-state index in [2.05, 4.69) is 4.99 Å². The molecule has 0 N–H and O–H groups in total. The molecule has 0 heterocycles. The Kier molecular flexibility index (Phi) is 4.22. The maximum absolute atomic E-state index is 5.41. The average Bonchev–Trinajstić information content (AvgIpc) is 1.64. The molecule has 0 unspecified atom stereocenters. The average molecular weight is 209 g/mol. The van der Waals surface area contributed by atoms with Gasteiger partial charge in [-0.2, -0.15) is 0 Å². The third-order valence-electron chi connectivity index (χ3n) is 0.531. The minimum atomic E-state index is -1.56. The van der Waals surface area contributed by atoms with Gasteiger partial charge in [0, 0.05) is 6.54 Å². The second kappa shape index (κ2) is 3.87. The van der Waals surface area contributed by atoms with E-state index in [1.807, 2.05) is 0 Å². The third-order valence-corrected chi connectivity index (χ3v) is 1.76. The van der Waals surface area contributed by atoms with Gasteiger partial charge in [0.2, 0.25) is 3.79 Å². The summed E-state index contributed by atoms with van der Waals surface area (Å²) in [4.78, 5) is 3.68. The Hall–Kier alpha value is 0.830. The minimum absolute atomic E-state index is 0.00926. The van der Waals surface area contributed by atoms with E-state index < -0.39 is 3.79 Å². The van der Waals surface area contributed by atoms with Crippen LogP contribution < -0.4 is 0 Å². The molecule has 0 atom stereocenters. The molecule has 0 aliphatic carbocycles. The molecule has 0 saturated carbocycles. The van der Waals surface area contributed by atoms with Crippen molar-refractivity contribution in [2.24, 2.45) is 4.99 Å². The smallest absolute Gasteiger partial charge is 0.242 e. The van der Waals surface area contributed by atoms with Gasteiger partial charge >= 0.3 is 0 Å². The summed E-state index contributed by atoms with van der Waals surface area (Å²) in [6.07, 6.45) is 0. The van der Waals surface area contributed by atoms with E-state index in [1.165, 1.54) is 0 Å². The highest BCUT2D eigenvalue weighted by atomic mass is 35.6. The predicted molar refractivity (Wildman–Crippen MR) is 44.1 cm³/mol. The van der Waals surface area contributed by atoms with Gasteiger partial charge in [-0.1, -0.05) is 46.4 Å². The molecule has 0 amide bonds. The van der Waals surface area contributed by atoms with Crippen LogP contribution in [0.1, 0.15) is 6.92 Å². The molecule has 0 bridgehead atoms. The number of nitrogens with zero attached hydrogens (tertiary/aromatic N) is 1. The zero-order valence-corrected chi connectivity index (χ0v) is 7.69. The number of hydrogen-bond donors (Lipinski definition) is 0. The summed E-state index contributed by atoms with van der Waals surface area (Å²) < 4.78 is -1.56. The van der Waals surface area contributed by atoms with E-state index in [-0.39, 0.29) is 5.17 Å². The molecule has 1 nitrogen and oxygen atoms in total. The summed E-state index contributed by atoms with van der Waals surface area (Å²) in [5.74, 6) is 0. The molecule has 0 aromatic heterocycles. The quantitative estimate of drug-likeness (QED) is 0.464. The highest BCUT2D eigenvalue weighted by Gasteiger charge is 2.25. The van der Waals surface area contributed by atoms with E-state index in [0.29, 0.717) is 6.54 Å². The van der Waals surface area contributed by atoms with Crippen molar-refractivity contribution < 1.29 is 0 Å². The molecule has 0 aliphatic rings. The second-order valence-corrected chi connectivity index (χ2v) is 3.90. The molecule has 0 rings (SSSR count). The van der Waals surface area contributed by atoms with Crippen LogP contribution in [0, 0.1) is 0 Å². The van der Waals surface area contributed by atoms with Gasteiger partial charge in [-0.3, -0.25) is 4.99 Å². The molecular weight excluding hydrogens is 204 g/mol. The highest BCUT2D eigenvalue weighted by molar-refractivity contribution is 6.89. The van der Waals surface area contributed by atoms with Crippen LogP contribution in [0.4, 0.5) is 0 Å². The molecule has 0 aliphatic heterocycles. The van der Waals surface area contributed by atoms with Crippen molar-refractivity contribution in [3.63, 3.8) is 0 Å². The first-order valence-electron chi connectivity index (χ1n) is 2.25. The predicted octanol–water partition coefficient (Wildman–Crippen LogP) is 3.01. The third kappa shape index (κ3) is 4.26. The summed E-state index contributed by atoms with van der Waals surface area (Å²) in [5.41, 5.74) is 0. The molecule has 0 fully saturated rings. The fourth-order valence-electron chi connectivity index (χ4n) is 0.228. The summed E-state index contributed by atoms with van der Waals surface area (Å²) >= 11 is 21.4. The SMILES string of the molecule is CCN=C(Cl)C(Cl)(Cl)Cl. The lowest BCUT2D eigenvalue weighted by atomic mass is 10.7. The summed E-state index contributed by atoms with van der Waals surface area (Å²) in [5, 5.41) is 0.00926. The molecule has 0 aromatic rings. The number of rotatable bonds is 1. The first kappa shape index (κ1) is 9.83. The van der Waals surface area contributed by atoms with E-state index in [0.717, 1.165) is 0 Å². The van der Waals surface area contributed by atoms with Crippen molar-refractivity contribution in [1.82, 2.24) is 0 Å². The Labute approximate surface area is 73.9 Å². The van der Waals surface area contributed by atoms with Gasteiger partial charge in [0.25, 0.3) is 0 Å². The normalized spacial score (nSPS) is 14.1. The van der Waals surface area contributed by atoms with Crippen molar-refractivity contribution in [3.05, 3.63) is 0 Å². The zero-order chi connectivity index (χ0) is 7.49. The van der Waals surface area contributed by atoms with E-state index >= 15 is 0 Å². The van der Waals surface area contributed by atoms with E-state index in [9.17, 15) is 0 Å². The standard InChI is InChI=1S/C4H5Cl4N/c1-2-9-3(5)4(6,7)8/h2H2,1H3. The summed E-state index contributed by atoms with van der Waals surface area (Å²) in [6.45, 7) is 2.32. The zero-order valence-electron chi connectivity index (χ0n) is 4.67. The molecule has 0 aromatic carbocycles. The highest BCUT2D eigenvalue weighted by Crippen LogP contribution is 2.29. The molecule has 0 saturated heterocycles. The van der Waals surface area contributed by atoms with Crippen molar-refractivity contribution in [3.8, 4) is 0 Å². The van der Waals surface area contributed by atoms with E-state index in [1.54, 1.807) is 6.92 Å². The molecule has 0 radical (unpaired) electrons. The minimum Gasteiger partial charge on any atom is -0.274 e. The maximum Gasteiger partial charge on any atom is 0.242 e. The van der Waals surface area contributed by atoms with Crippen LogP contribution in [0.2, 0.25) is 0 Å². The Morgan fingerprint density at radius 1 is 1.44 bits per heavy atom. The van der Waals surface area contributed by atoms with Crippen LogP contribution in [-0.4, -0.2) is 15.5 Å². The molecular formula is C4H5Cl4N. The van der Waals surface area contributed by atoms with Crippen LogP contribution in [-0.2, 0) is 0 Å². The van der Waals surface area contributed by atoms with Crippen LogP contribution in [0.3, 0.4) is 0 Å². The molecule has 0 spiro atoms. The van der Waals surface area contributed by atoms with E-state index in [4.69, 9.17) is 46.4 Å². The summed E-state index contributed by atoms with van der Waals surface area (Å²) in [6, 6.07) is 0. The van der Waals surface area contributed by atoms with Crippen LogP contribution in [0.15, 0.2) is 4.99 Å². The molecule has 9 heavy (non-hydrogen) atoms. The van der Waals surface area contributed by atoms with Crippen molar-refractivity contribution in [2.45, 2.75) is 10.7 Å². The lowest BCUT2D eigenvalue weighted by Gasteiger charge is -2.06. The van der Waals surface area contributed by atoms with Crippen molar-refractivity contribution in [2.75, 3.05) is 6.54 Å². The first-order valence-corrected chi connectivity index (χ1v) is 3.76. The van der Waals surface area contributed by atoms with Gasteiger partial charge in [-0.25, -0.2) is 0 Å². The molecule has 5 heteroatoms. The van der Waals surface area contributed by atoms with Gasteiger partial charge in [-0.15, -0.1) is 0 Å². The van der Waals surface area contributed by atoms with Crippen LogP contribution in [0.5, 0.6) is 0 Å². The molecule has 54 valence electrons. The topological polar surface area (TPSA) is 12.4 Å². The number of aliphatic imine (C=N–C) groups is 1. The monoisotopic (exact) mass is 207 g/mol. The Morgan fingerprint density at radius 2 is 1.89 bits per heavy atom. The lowest BCUT2D eigenvalue weighted by Crippen LogP contribution is -2.12. The maximum atomic E-state index is 5.41. The fraction of sp³-hybridized carbons (Fsp3) is 0.750. The van der Waals surface area contributed by atoms with Crippen LogP contribution >= 0.6 is 46.4 Å². The Bertz CT molecular complexity index is 114. The first-order chi connectivity index (χ1) is 3.98. The number of halogens is 4. The van der Waals surface area contributed by atoms with Gasteiger partial charge < -0.3 is 0 Å². The van der Waals surface area contributed by atoms with Crippen molar-refractivity contribution in [1.29, 1.82) is 0 Å². The summed E-state index contributed by atoms with van der Waals surface area (Å²) in [7, 11) is 0. The van der Waals surface area contributed by atoms with Gasteiger partial charge in [0.15, 0.2) is 5.17 Å². The lowest BCUT2D eigenvalue weighted by molar-refractivity contribution is 1.13. The number of alkyl halides is 3. The Balaban J connectivity index is 4.03. The van der Waals surface area contributed by atoms with Crippen molar-refractivity contribution >= 4 is 51.6 Å². The van der Waals surface area contributed by atoms with Gasteiger partial charge in [0.1, 0.15) is 0 Å². The van der Waals surface area contributed by atoms with Crippen LogP contribution in [0.25, 0.3) is 0 Å². The van der Waals surface area contributed by atoms with Gasteiger partial charge in [-0.05, 0) is 6.92 Å². The van der Waals surface area contributed by atoms with Gasteiger partial charge in [0.05, 0.1) is 0 Å². The largest absolute Gasteiger partial charge is 0.274 e. The number of hydrogen-bond acceptors (Lipinski definition) is 1.